The molecule has 0 aliphatic carbocycles. The number of carbonyl (C=O) groups is 2. The third-order valence-electron chi connectivity index (χ3n) is 3.00. The number of nitrogens with zero attached hydrogens (tertiary/aromatic N) is 1. The van der Waals surface area contributed by atoms with E-state index in [0.29, 0.717) is 25.5 Å². The van der Waals surface area contributed by atoms with E-state index in [2.05, 4.69) is 5.32 Å². The Morgan fingerprint density at radius 3 is 2.72 bits per heavy atom. The van der Waals surface area contributed by atoms with Crippen LogP contribution in [0.2, 0.25) is 0 Å². The van der Waals surface area contributed by atoms with Gasteiger partial charge in [0.15, 0.2) is 0 Å². The maximum Gasteiger partial charge on any atom is 0.244 e. The van der Waals surface area contributed by atoms with Crippen LogP contribution >= 0.6 is 0 Å². The monoisotopic (exact) mass is 257 g/mol. The van der Waals surface area contributed by atoms with Gasteiger partial charge in [-0.05, 0) is 12.3 Å². The minimum absolute atomic E-state index is 0.166. The van der Waals surface area contributed by atoms with Crippen molar-refractivity contribution in [1.29, 1.82) is 0 Å². The molecule has 1 aliphatic heterocycles. The van der Waals surface area contributed by atoms with Crippen LogP contribution in [0.25, 0.3) is 0 Å². The summed E-state index contributed by atoms with van der Waals surface area (Å²) in [6.45, 7) is 5.14. The molecule has 0 saturated carbocycles. The molecule has 0 bridgehead atoms. The van der Waals surface area contributed by atoms with E-state index >= 15 is 0 Å². The van der Waals surface area contributed by atoms with Crippen LogP contribution in [0.5, 0.6) is 0 Å². The molecule has 0 aromatic rings. The van der Waals surface area contributed by atoms with E-state index in [9.17, 15) is 9.59 Å². The number of rotatable bonds is 4. The third-order valence-corrected chi connectivity index (χ3v) is 3.00. The van der Waals surface area contributed by atoms with Crippen LogP contribution in [0, 0.1) is 5.92 Å². The van der Waals surface area contributed by atoms with Gasteiger partial charge in [-0.2, -0.15) is 0 Å². The molecular weight excluding hydrogens is 234 g/mol. The van der Waals surface area contributed by atoms with E-state index in [4.69, 9.17) is 10.5 Å². The van der Waals surface area contributed by atoms with E-state index in [1.807, 2.05) is 13.8 Å². The first-order valence-corrected chi connectivity index (χ1v) is 6.32. The Morgan fingerprint density at radius 1 is 1.50 bits per heavy atom. The zero-order valence-electron chi connectivity index (χ0n) is 11.3. The number of hydrogen-bond donors (Lipinski definition) is 2. The van der Waals surface area contributed by atoms with Gasteiger partial charge in [0.05, 0.1) is 19.3 Å². The molecule has 18 heavy (non-hydrogen) atoms. The van der Waals surface area contributed by atoms with Crippen LogP contribution in [-0.4, -0.2) is 55.6 Å². The molecule has 1 heterocycles. The Hall–Kier alpha value is -1.14. The van der Waals surface area contributed by atoms with Gasteiger partial charge in [-0.15, -0.1) is 0 Å². The lowest BCUT2D eigenvalue weighted by Gasteiger charge is -2.36. The topological polar surface area (TPSA) is 84.7 Å². The van der Waals surface area contributed by atoms with Crippen molar-refractivity contribution in [3.8, 4) is 0 Å². The van der Waals surface area contributed by atoms with Crippen LogP contribution in [0.1, 0.15) is 20.3 Å². The van der Waals surface area contributed by atoms with Crippen LogP contribution < -0.4 is 11.1 Å². The second-order valence-electron chi connectivity index (χ2n) is 4.97. The summed E-state index contributed by atoms with van der Waals surface area (Å²) in [6, 6.07) is -1.11. The van der Waals surface area contributed by atoms with Crippen molar-refractivity contribution < 1.29 is 14.3 Å². The molecule has 6 heteroatoms. The van der Waals surface area contributed by atoms with Crippen LogP contribution in [0.3, 0.4) is 0 Å². The van der Waals surface area contributed by atoms with E-state index in [-0.39, 0.29) is 18.4 Å². The Kier molecular flexibility index (Phi) is 5.55. The van der Waals surface area contributed by atoms with Gasteiger partial charge in [0.25, 0.3) is 0 Å². The predicted octanol–water partition coefficient (Wildman–Crippen LogP) is -0.667. The molecule has 2 amide bonds. The lowest BCUT2D eigenvalue weighted by Crippen LogP contribution is -2.58. The number of carbonyl (C=O) groups excluding carboxylic acids is 2. The van der Waals surface area contributed by atoms with Crippen LogP contribution in [0.4, 0.5) is 0 Å². The van der Waals surface area contributed by atoms with E-state index in [0.717, 1.165) is 0 Å². The average molecular weight is 257 g/mol. The predicted molar refractivity (Wildman–Crippen MR) is 67.8 cm³/mol. The van der Waals surface area contributed by atoms with Crippen molar-refractivity contribution in [2.45, 2.75) is 32.4 Å². The number of ether oxygens (including phenoxy) is 1. The molecule has 1 rings (SSSR count). The summed E-state index contributed by atoms with van der Waals surface area (Å²) in [5.74, 6) is -0.0242. The summed E-state index contributed by atoms with van der Waals surface area (Å²) in [5, 5.41) is 2.55. The second-order valence-corrected chi connectivity index (χ2v) is 4.97. The first-order chi connectivity index (χ1) is 8.47. The molecule has 0 spiro atoms. The van der Waals surface area contributed by atoms with Crippen molar-refractivity contribution in [1.82, 2.24) is 10.2 Å². The zero-order valence-corrected chi connectivity index (χ0v) is 11.3. The Bertz CT molecular complexity index is 307. The van der Waals surface area contributed by atoms with Gasteiger partial charge in [-0.25, -0.2) is 0 Å². The smallest absolute Gasteiger partial charge is 0.244 e. The van der Waals surface area contributed by atoms with Gasteiger partial charge in [-0.3, -0.25) is 9.59 Å². The zero-order chi connectivity index (χ0) is 13.7. The molecule has 2 atom stereocenters. The third kappa shape index (κ3) is 3.68. The van der Waals surface area contributed by atoms with Gasteiger partial charge < -0.3 is 20.7 Å². The minimum Gasteiger partial charge on any atom is -0.377 e. The lowest BCUT2D eigenvalue weighted by molar-refractivity contribution is -0.149. The molecule has 104 valence electrons. The second kappa shape index (κ2) is 6.70. The molecule has 1 fully saturated rings. The van der Waals surface area contributed by atoms with Crippen LogP contribution in [0.15, 0.2) is 0 Å². The number of nitrogens with one attached hydrogen (secondary N) is 1. The molecule has 1 unspecified atom stereocenters. The highest BCUT2D eigenvalue weighted by atomic mass is 16.5. The van der Waals surface area contributed by atoms with E-state index in [1.54, 1.807) is 7.05 Å². The number of nitrogens with two attached hydrogens (primary N) is 1. The normalized spacial score (nSPS) is 21.8. The Labute approximate surface area is 108 Å². The van der Waals surface area contributed by atoms with Gasteiger partial charge in [0.2, 0.25) is 11.8 Å². The van der Waals surface area contributed by atoms with Gasteiger partial charge >= 0.3 is 0 Å². The number of hydrogen-bond acceptors (Lipinski definition) is 4. The van der Waals surface area contributed by atoms with Gasteiger partial charge in [-0.1, -0.05) is 13.8 Å². The highest BCUT2D eigenvalue weighted by Gasteiger charge is 2.34. The summed E-state index contributed by atoms with van der Waals surface area (Å²) in [5.41, 5.74) is 5.89. The number of likely N-dealkylation sites (N-methyl/N-ethyl adjacent to an activating group) is 1. The molecule has 6 nitrogen and oxygen atoms in total. The van der Waals surface area contributed by atoms with Crippen molar-refractivity contribution in [3.63, 3.8) is 0 Å². The molecule has 1 saturated heterocycles. The maximum absolute atomic E-state index is 12.2. The Balaban J connectivity index is 2.70. The highest BCUT2D eigenvalue weighted by molar-refractivity contribution is 5.89. The summed E-state index contributed by atoms with van der Waals surface area (Å²) in [6.07, 6.45) is 0.622. The summed E-state index contributed by atoms with van der Waals surface area (Å²) < 4.78 is 5.25. The fourth-order valence-electron chi connectivity index (χ4n) is 2.07. The first-order valence-electron chi connectivity index (χ1n) is 6.32. The summed E-state index contributed by atoms with van der Waals surface area (Å²) in [7, 11) is 1.55. The molecule has 3 N–H and O–H groups in total. The standard InChI is InChI=1S/C12H23N3O3/c1-8(2)6-9(13)12(17)15-4-5-18-7-10(15)11(16)14-3/h8-10H,4-7,13H2,1-3H3,(H,14,16)/t9-,10?/m1/s1. The first kappa shape index (κ1) is 14.9. The highest BCUT2D eigenvalue weighted by Crippen LogP contribution is 2.12. The SMILES string of the molecule is CNC(=O)C1COCCN1C(=O)[C@H](N)CC(C)C. The molecular formula is C12H23N3O3. The van der Waals surface area contributed by atoms with Gasteiger partial charge in [0, 0.05) is 13.6 Å². The molecule has 0 radical (unpaired) electrons. The largest absolute Gasteiger partial charge is 0.377 e. The summed E-state index contributed by atoms with van der Waals surface area (Å²) >= 11 is 0. The van der Waals surface area contributed by atoms with E-state index < -0.39 is 12.1 Å². The fraction of sp³-hybridized carbons (Fsp3) is 0.833. The molecule has 0 aromatic heterocycles. The lowest BCUT2D eigenvalue weighted by atomic mass is 10.0. The molecule has 1 aliphatic rings. The van der Waals surface area contributed by atoms with Crippen molar-refractivity contribution >= 4 is 11.8 Å². The van der Waals surface area contributed by atoms with Crippen molar-refractivity contribution in [2.75, 3.05) is 26.8 Å². The Morgan fingerprint density at radius 2 is 2.17 bits per heavy atom. The van der Waals surface area contributed by atoms with Crippen LogP contribution in [-0.2, 0) is 14.3 Å². The number of amides is 2. The molecule has 0 aromatic carbocycles. The van der Waals surface area contributed by atoms with Crippen molar-refractivity contribution in [2.24, 2.45) is 11.7 Å². The quantitative estimate of drug-likeness (QED) is 0.700. The minimum atomic E-state index is -0.561. The fourth-order valence-corrected chi connectivity index (χ4v) is 2.07. The maximum atomic E-state index is 12.2. The van der Waals surface area contributed by atoms with Gasteiger partial charge in [0.1, 0.15) is 6.04 Å². The van der Waals surface area contributed by atoms with Crippen molar-refractivity contribution in [3.05, 3.63) is 0 Å². The average Bonchev–Trinajstić information content (AvgIpc) is 2.36. The number of morpholine rings is 1. The summed E-state index contributed by atoms with van der Waals surface area (Å²) in [4.78, 5) is 25.5. The van der Waals surface area contributed by atoms with E-state index in [1.165, 1.54) is 4.90 Å².